The maximum Gasteiger partial charge on any atom is 0.416 e. The van der Waals surface area contributed by atoms with Gasteiger partial charge in [-0.15, -0.1) is 0 Å². The van der Waals surface area contributed by atoms with Gasteiger partial charge in [-0.25, -0.2) is 4.39 Å². The number of aliphatic imine (C=N–C) groups is 1. The van der Waals surface area contributed by atoms with E-state index in [-0.39, 0.29) is 11.6 Å². The molecule has 2 aromatic rings. The predicted molar refractivity (Wildman–Crippen MR) is 125 cm³/mol. The van der Waals surface area contributed by atoms with Gasteiger partial charge in [0.15, 0.2) is 0 Å². The summed E-state index contributed by atoms with van der Waals surface area (Å²) in [6.45, 7) is 3.97. The number of amides is 1. The first-order valence-corrected chi connectivity index (χ1v) is 11.3. The highest BCUT2D eigenvalue weighted by Gasteiger charge is 2.53. The Bertz CT molecular complexity index is 1160. The third kappa shape index (κ3) is 4.86. The third-order valence-electron chi connectivity index (χ3n) is 6.72. The standard InChI is InChI=1S/C26H27F4N3O/c1-15-11-20(6-7-21(15)18(13-31)14-32-16(2)17-3-4-17)33-24(34)25(9-10-25)22-8-5-19(12-23(22)27)26(28,29)30/h5-8,11-14,16-17H,3-4,9-10,31H2,1-2H3,(H,33,34). The van der Waals surface area contributed by atoms with E-state index in [1.54, 1.807) is 18.3 Å². The number of carbonyl (C=O) groups is 1. The average molecular weight is 474 g/mol. The van der Waals surface area contributed by atoms with Gasteiger partial charge < -0.3 is 11.1 Å². The van der Waals surface area contributed by atoms with Crippen LogP contribution in [0.3, 0.4) is 0 Å². The van der Waals surface area contributed by atoms with Gasteiger partial charge in [0.05, 0.1) is 11.0 Å². The Kier molecular flexibility index (Phi) is 6.27. The summed E-state index contributed by atoms with van der Waals surface area (Å²) in [6.07, 6.45) is 1.76. The van der Waals surface area contributed by atoms with Crippen LogP contribution < -0.4 is 11.1 Å². The molecule has 0 spiro atoms. The molecule has 1 amide bonds. The zero-order chi connectivity index (χ0) is 24.7. The van der Waals surface area contributed by atoms with Crippen molar-refractivity contribution in [1.29, 1.82) is 0 Å². The highest BCUT2D eigenvalue weighted by Crippen LogP contribution is 2.50. The number of halogens is 4. The number of rotatable bonds is 7. The van der Waals surface area contributed by atoms with Crippen molar-refractivity contribution in [2.45, 2.75) is 57.2 Å². The summed E-state index contributed by atoms with van der Waals surface area (Å²) in [5.41, 5.74) is 6.61. The summed E-state index contributed by atoms with van der Waals surface area (Å²) in [5.74, 6) is -0.822. The fourth-order valence-corrected chi connectivity index (χ4v) is 4.24. The highest BCUT2D eigenvalue weighted by atomic mass is 19.4. The first-order valence-electron chi connectivity index (χ1n) is 11.3. The minimum absolute atomic E-state index is 0.0133. The van der Waals surface area contributed by atoms with Crippen molar-refractivity contribution in [1.82, 2.24) is 0 Å². The van der Waals surface area contributed by atoms with Crippen LogP contribution in [0.2, 0.25) is 0 Å². The number of carbonyl (C=O) groups excluding carboxylic acids is 1. The van der Waals surface area contributed by atoms with Crippen molar-refractivity contribution in [2.24, 2.45) is 16.6 Å². The van der Waals surface area contributed by atoms with Gasteiger partial charge in [-0.1, -0.05) is 12.1 Å². The van der Waals surface area contributed by atoms with Gasteiger partial charge >= 0.3 is 6.18 Å². The van der Waals surface area contributed by atoms with Gasteiger partial charge in [-0.3, -0.25) is 9.79 Å². The largest absolute Gasteiger partial charge is 0.416 e. The van der Waals surface area contributed by atoms with Gasteiger partial charge in [0, 0.05) is 35.3 Å². The van der Waals surface area contributed by atoms with E-state index in [2.05, 4.69) is 17.2 Å². The number of anilines is 1. The molecule has 34 heavy (non-hydrogen) atoms. The van der Waals surface area contributed by atoms with Crippen LogP contribution in [-0.4, -0.2) is 18.2 Å². The average Bonchev–Trinajstić information content (AvgIpc) is 3.68. The number of nitrogens with zero attached hydrogens (tertiary/aromatic N) is 1. The minimum atomic E-state index is -4.64. The topological polar surface area (TPSA) is 67.5 Å². The summed E-state index contributed by atoms with van der Waals surface area (Å²) in [6, 6.07) is 7.92. The van der Waals surface area contributed by atoms with E-state index in [4.69, 9.17) is 5.73 Å². The number of alkyl halides is 3. The molecule has 3 N–H and O–H groups in total. The lowest BCUT2D eigenvalue weighted by Gasteiger charge is -2.18. The molecule has 4 rings (SSSR count). The van der Waals surface area contributed by atoms with Gasteiger partial charge in [-0.2, -0.15) is 13.2 Å². The molecule has 2 aliphatic rings. The van der Waals surface area contributed by atoms with E-state index in [1.165, 1.54) is 19.0 Å². The predicted octanol–water partition coefficient (Wildman–Crippen LogP) is 5.99. The summed E-state index contributed by atoms with van der Waals surface area (Å²) >= 11 is 0. The van der Waals surface area contributed by atoms with E-state index < -0.39 is 28.9 Å². The SMILES string of the molecule is Cc1cc(NC(=O)C2(c3ccc(C(F)(F)F)cc3F)CC2)ccc1C(C=NC(C)C1CC1)=CN. The van der Waals surface area contributed by atoms with Crippen molar-refractivity contribution in [3.8, 4) is 0 Å². The molecule has 1 atom stereocenters. The maximum absolute atomic E-state index is 14.5. The van der Waals surface area contributed by atoms with Crippen LogP contribution in [0.5, 0.6) is 0 Å². The molecule has 0 saturated heterocycles. The highest BCUT2D eigenvalue weighted by molar-refractivity contribution is 6.10. The molecule has 2 fully saturated rings. The zero-order valence-corrected chi connectivity index (χ0v) is 19.0. The maximum atomic E-state index is 14.5. The summed E-state index contributed by atoms with van der Waals surface area (Å²) in [4.78, 5) is 17.6. The number of nitrogens with one attached hydrogen (secondary N) is 1. The van der Waals surface area contributed by atoms with Crippen molar-refractivity contribution >= 4 is 23.4 Å². The van der Waals surface area contributed by atoms with Crippen molar-refractivity contribution in [3.05, 3.63) is 70.7 Å². The fourth-order valence-electron chi connectivity index (χ4n) is 4.24. The van der Waals surface area contributed by atoms with Crippen molar-refractivity contribution < 1.29 is 22.4 Å². The fraction of sp³-hybridized carbons (Fsp3) is 0.385. The molecular formula is C26H27F4N3O. The van der Waals surface area contributed by atoms with Crippen LogP contribution in [0, 0.1) is 18.7 Å². The number of aryl methyl sites for hydroxylation is 1. The van der Waals surface area contributed by atoms with Crippen LogP contribution >= 0.6 is 0 Å². The normalized spacial score (nSPS) is 18.7. The van der Waals surface area contributed by atoms with Crippen LogP contribution in [0.15, 0.2) is 47.6 Å². The second kappa shape index (κ2) is 8.89. The van der Waals surface area contributed by atoms with Crippen molar-refractivity contribution in [3.63, 3.8) is 0 Å². The molecule has 8 heteroatoms. The molecule has 180 valence electrons. The minimum Gasteiger partial charge on any atom is -0.404 e. The van der Waals surface area contributed by atoms with Gasteiger partial charge in [0.25, 0.3) is 0 Å². The number of allylic oxidation sites excluding steroid dienone is 1. The molecular weight excluding hydrogens is 446 g/mol. The van der Waals surface area contributed by atoms with E-state index in [0.717, 1.165) is 28.8 Å². The number of hydrogen-bond acceptors (Lipinski definition) is 3. The quantitative estimate of drug-likeness (QED) is 0.383. The van der Waals surface area contributed by atoms with Gasteiger partial charge in [0.2, 0.25) is 5.91 Å². The van der Waals surface area contributed by atoms with Crippen molar-refractivity contribution in [2.75, 3.05) is 5.32 Å². The van der Waals surface area contributed by atoms with Crippen LogP contribution in [0.25, 0.3) is 5.57 Å². The van der Waals surface area contributed by atoms with Crippen LogP contribution in [0.1, 0.15) is 54.9 Å². The van der Waals surface area contributed by atoms with Gasteiger partial charge in [-0.05, 0) is 80.8 Å². The van der Waals surface area contributed by atoms with E-state index in [0.29, 0.717) is 30.5 Å². The van der Waals surface area contributed by atoms with Crippen LogP contribution in [-0.2, 0) is 16.4 Å². The Hall–Kier alpha value is -3.16. The summed E-state index contributed by atoms with van der Waals surface area (Å²) < 4.78 is 53.1. The molecule has 0 aliphatic heterocycles. The number of benzene rings is 2. The lowest BCUT2D eigenvalue weighted by Crippen LogP contribution is -2.29. The molecule has 0 heterocycles. The second-order valence-electron chi connectivity index (χ2n) is 9.24. The third-order valence-corrected chi connectivity index (χ3v) is 6.72. The lowest BCUT2D eigenvalue weighted by atomic mass is 9.93. The Morgan fingerprint density at radius 2 is 1.91 bits per heavy atom. The molecule has 4 nitrogen and oxygen atoms in total. The molecule has 2 aromatic carbocycles. The van der Waals surface area contributed by atoms with E-state index in [1.807, 2.05) is 13.0 Å². The molecule has 2 saturated carbocycles. The Morgan fingerprint density at radius 3 is 2.44 bits per heavy atom. The first-order chi connectivity index (χ1) is 16.0. The smallest absolute Gasteiger partial charge is 0.404 e. The zero-order valence-electron chi connectivity index (χ0n) is 19.0. The number of nitrogens with two attached hydrogens (primary N) is 1. The lowest BCUT2D eigenvalue weighted by molar-refractivity contribution is -0.137. The molecule has 0 radical (unpaired) electrons. The number of hydrogen-bond donors (Lipinski definition) is 2. The van der Waals surface area contributed by atoms with E-state index >= 15 is 0 Å². The Morgan fingerprint density at radius 1 is 1.21 bits per heavy atom. The van der Waals surface area contributed by atoms with Gasteiger partial charge in [0.1, 0.15) is 5.82 Å². The molecule has 1 unspecified atom stereocenters. The Labute approximate surface area is 196 Å². The van der Waals surface area contributed by atoms with Crippen LogP contribution in [0.4, 0.5) is 23.2 Å². The molecule has 2 aliphatic carbocycles. The second-order valence-corrected chi connectivity index (χ2v) is 9.24. The summed E-state index contributed by atoms with van der Waals surface area (Å²) in [5, 5.41) is 2.80. The summed E-state index contributed by atoms with van der Waals surface area (Å²) in [7, 11) is 0. The Balaban J connectivity index is 1.50. The molecule has 0 aromatic heterocycles. The molecule has 0 bridgehead atoms. The first kappa shape index (κ1) is 24.0. The monoisotopic (exact) mass is 473 g/mol. The van der Waals surface area contributed by atoms with E-state index in [9.17, 15) is 22.4 Å².